The minimum Gasteiger partial charge on any atom is -0.465 e. The summed E-state index contributed by atoms with van der Waals surface area (Å²) in [5.41, 5.74) is -1.08. The van der Waals surface area contributed by atoms with E-state index in [2.05, 4.69) is 15.4 Å². The number of halogens is 5. The number of Topliss-reactive ketones (excluding diaryl/α,β-unsaturated/α-hetero) is 1. The fraction of sp³-hybridized carbons (Fsp3) is 0.783. The molecule has 0 unspecified atom stereocenters. The van der Waals surface area contributed by atoms with Crippen molar-refractivity contribution in [1.29, 1.82) is 0 Å². The Labute approximate surface area is 221 Å². The van der Waals surface area contributed by atoms with Crippen molar-refractivity contribution in [3.8, 4) is 0 Å². The molecule has 1 aliphatic carbocycles. The van der Waals surface area contributed by atoms with Crippen LogP contribution in [0.5, 0.6) is 0 Å². The molecule has 0 spiro atoms. The van der Waals surface area contributed by atoms with Crippen molar-refractivity contribution in [1.82, 2.24) is 20.9 Å². The number of carboxylic acid groups (broad SMARTS) is 1. The zero-order valence-corrected chi connectivity index (χ0v) is 21.9. The van der Waals surface area contributed by atoms with E-state index >= 15 is 0 Å². The van der Waals surface area contributed by atoms with E-state index in [1.54, 1.807) is 0 Å². The van der Waals surface area contributed by atoms with Gasteiger partial charge in [-0.25, -0.2) is 13.6 Å². The predicted molar refractivity (Wildman–Crippen MR) is 123 cm³/mol. The molecule has 16 heteroatoms. The van der Waals surface area contributed by atoms with E-state index in [4.69, 9.17) is 0 Å². The van der Waals surface area contributed by atoms with Gasteiger partial charge in [-0.2, -0.15) is 0 Å². The fourth-order valence-corrected chi connectivity index (χ4v) is 4.08. The van der Waals surface area contributed by atoms with Crippen molar-refractivity contribution in [3.63, 3.8) is 0 Å². The molecule has 222 valence electrons. The van der Waals surface area contributed by atoms with Gasteiger partial charge in [-0.15, -0.1) is 13.2 Å². The third-order valence-electron chi connectivity index (χ3n) is 6.17. The molecule has 4 N–H and O–H groups in total. The standard InChI is InChI=1S/C23H33F5N4O7/c1-21(2,3)16(31-20(37)38)19(36)32-10-12(39-23(26,27)28)9-14(32)17(34)30-13(7-8-22(4,24)25)15(33)18(35)29-11-5-6-11/h11-14,16,31H,5-10H2,1-4H3,(H,29,35)(H,30,34)(H,37,38)/t12-,13+,14+,16-/m1/s1. The van der Waals surface area contributed by atoms with E-state index in [1.807, 2.05) is 5.32 Å². The van der Waals surface area contributed by atoms with E-state index in [0.717, 1.165) is 0 Å². The van der Waals surface area contributed by atoms with E-state index in [0.29, 0.717) is 24.7 Å². The van der Waals surface area contributed by atoms with Gasteiger partial charge in [0.15, 0.2) is 0 Å². The van der Waals surface area contributed by atoms with Crippen LogP contribution in [0.4, 0.5) is 26.7 Å². The van der Waals surface area contributed by atoms with Crippen LogP contribution in [0.25, 0.3) is 0 Å². The van der Waals surface area contributed by atoms with Crippen LogP contribution in [0.2, 0.25) is 0 Å². The largest absolute Gasteiger partial charge is 0.522 e. The lowest BCUT2D eigenvalue weighted by atomic mass is 9.85. The summed E-state index contributed by atoms with van der Waals surface area (Å²) in [7, 11) is 0. The van der Waals surface area contributed by atoms with Crippen molar-refractivity contribution in [2.24, 2.45) is 5.41 Å². The Balaban J connectivity index is 2.33. The van der Waals surface area contributed by atoms with E-state index < -0.39 is 97.3 Å². The topological polar surface area (TPSA) is 154 Å². The first-order chi connectivity index (χ1) is 17.7. The van der Waals surface area contributed by atoms with Crippen LogP contribution in [-0.4, -0.2) is 88.7 Å². The number of carbonyl (C=O) groups excluding carboxylic acids is 4. The lowest BCUT2D eigenvalue weighted by molar-refractivity contribution is -0.340. The van der Waals surface area contributed by atoms with Gasteiger partial charge in [0.25, 0.3) is 5.91 Å². The van der Waals surface area contributed by atoms with Crippen LogP contribution in [0.3, 0.4) is 0 Å². The number of hydrogen-bond donors (Lipinski definition) is 4. The minimum atomic E-state index is -5.13. The zero-order valence-electron chi connectivity index (χ0n) is 21.9. The normalized spacial score (nSPS) is 21.6. The number of carbonyl (C=O) groups is 5. The van der Waals surface area contributed by atoms with Gasteiger partial charge in [0.1, 0.15) is 12.1 Å². The zero-order chi connectivity index (χ0) is 29.9. The van der Waals surface area contributed by atoms with E-state index in [-0.39, 0.29) is 6.04 Å². The SMILES string of the molecule is CC(F)(F)CC[C@H](NC(=O)[C@@H]1C[C@@H](OC(F)(F)F)CN1C(=O)[C@@H](NC(=O)O)C(C)(C)C)C(=O)C(=O)NC1CC1. The maximum Gasteiger partial charge on any atom is 0.522 e. The second-order valence-electron chi connectivity index (χ2n) is 11.0. The molecule has 0 aromatic rings. The molecule has 39 heavy (non-hydrogen) atoms. The van der Waals surface area contributed by atoms with Gasteiger partial charge in [-0.3, -0.25) is 23.9 Å². The number of nitrogens with one attached hydrogen (secondary N) is 3. The van der Waals surface area contributed by atoms with Crippen LogP contribution in [0.1, 0.15) is 59.8 Å². The predicted octanol–water partition coefficient (Wildman–Crippen LogP) is 1.94. The highest BCUT2D eigenvalue weighted by Crippen LogP contribution is 2.31. The number of likely N-dealkylation sites (tertiary alicyclic amines) is 1. The van der Waals surface area contributed by atoms with Gasteiger partial charge in [0.05, 0.1) is 12.1 Å². The first-order valence-corrected chi connectivity index (χ1v) is 12.3. The Morgan fingerprint density at radius 1 is 1.00 bits per heavy atom. The number of ketones is 1. The molecule has 0 aromatic heterocycles. The summed E-state index contributed by atoms with van der Waals surface area (Å²) in [6.07, 6.45) is -9.48. The molecule has 1 aliphatic heterocycles. The molecule has 1 saturated carbocycles. The highest BCUT2D eigenvalue weighted by Gasteiger charge is 2.48. The van der Waals surface area contributed by atoms with Crippen LogP contribution in [-0.2, 0) is 23.9 Å². The molecule has 2 fully saturated rings. The summed E-state index contributed by atoms with van der Waals surface area (Å²) < 4.78 is 69.9. The van der Waals surface area contributed by atoms with Crippen molar-refractivity contribution < 1.29 is 55.8 Å². The van der Waals surface area contributed by atoms with Gasteiger partial charge in [-0.05, 0) is 31.6 Å². The van der Waals surface area contributed by atoms with Crippen LogP contribution in [0, 0.1) is 5.41 Å². The van der Waals surface area contributed by atoms with E-state index in [1.165, 1.54) is 20.8 Å². The summed E-state index contributed by atoms with van der Waals surface area (Å²) in [4.78, 5) is 63.5. The highest BCUT2D eigenvalue weighted by molar-refractivity contribution is 6.38. The number of amides is 4. The van der Waals surface area contributed by atoms with Gasteiger partial charge < -0.3 is 26.0 Å². The quantitative estimate of drug-likeness (QED) is 0.218. The Morgan fingerprint density at radius 2 is 1.59 bits per heavy atom. The number of alkyl halides is 5. The fourth-order valence-electron chi connectivity index (χ4n) is 4.08. The molecule has 0 radical (unpaired) electrons. The van der Waals surface area contributed by atoms with Crippen molar-refractivity contribution in [2.75, 3.05) is 6.54 Å². The van der Waals surface area contributed by atoms with Crippen LogP contribution < -0.4 is 16.0 Å². The number of nitrogens with zero attached hydrogens (tertiary/aromatic N) is 1. The van der Waals surface area contributed by atoms with Crippen molar-refractivity contribution in [2.45, 2.75) is 102 Å². The highest BCUT2D eigenvalue weighted by atomic mass is 19.4. The molecule has 2 aliphatic rings. The van der Waals surface area contributed by atoms with Gasteiger partial charge >= 0.3 is 12.5 Å². The average molecular weight is 573 g/mol. The number of ether oxygens (including phenoxy) is 1. The van der Waals surface area contributed by atoms with Crippen molar-refractivity contribution in [3.05, 3.63) is 0 Å². The first kappa shape index (κ1) is 32.2. The first-order valence-electron chi connectivity index (χ1n) is 12.3. The van der Waals surface area contributed by atoms with Gasteiger partial charge in [0.2, 0.25) is 23.5 Å². The molecule has 11 nitrogen and oxygen atoms in total. The van der Waals surface area contributed by atoms with Crippen molar-refractivity contribution >= 4 is 29.6 Å². The van der Waals surface area contributed by atoms with Crippen LogP contribution >= 0.6 is 0 Å². The Hall–Kier alpha value is -3.04. The summed E-state index contributed by atoms with van der Waals surface area (Å²) in [6.45, 7) is 4.27. The monoisotopic (exact) mass is 572 g/mol. The number of rotatable bonds is 11. The Kier molecular flexibility index (Phi) is 9.90. The molecule has 1 saturated heterocycles. The summed E-state index contributed by atoms with van der Waals surface area (Å²) in [5, 5.41) is 15.7. The van der Waals surface area contributed by atoms with Crippen LogP contribution in [0.15, 0.2) is 0 Å². The number of hydrogen-bond acceptors (Lipinski definition) is 6. The molecule has 0 bridgehead atoms. The Morgan fingerprint density at radius 3 is 2.05 bits per heavy atom. The maximum absolute atomic E-state index is 13.5. The smallest absolute Gasteiger partial charge is 0.465 e. The lowest BCUT2D eigenvalue weighted by Gasteiger charge is -2.35. The third kappa shape index (κ3) is 10.2. The summed E-state index contributed by atoms with van der Waals surface area (Å²) in [6, 6.07) is -5.19. The lowest BCUT2D eigenvalue weighted by Crippen LogP contribution is -2.59. The third-order valence-corrected chi connectivity index (χ3v) is 6.17. The Bertz CT molecular complexity index is 960. The molecular formula is C23H33F5N4O7. The second-order valence-corrected chi connectivity index (χ2v) is 11.0. The van der Waals surface area contributed by atoms with E-state index in [9.17, 15) is 51.0 Å². The van der Waals surface area contributed by atoms with Gasteiger partial charge in [-0.1, -0.05) is 20.8 Å². The molecule has 2 rings (SSSR count). The maximum atomic E-state index is 13.5. The minimum absolute atomic E-state index is 0.260. The van der Waals surface area contributed by atoms with Gasteiger partial charge in [0, 0.05) is 25.4 Å². The summed E-state index contributed by atoms with van der Waals surface area (Å²) in [5.74, 6) is -7.82. The molecule has 4 atom stereocenters. The molecule has 0 aromatic carbocycles. The second kappa shape index (κ2) is 12.0. The average Bonchev–Trinajstić information content (AvgIpc) is 3.47. The summed E-state index contributed by atoms with van der Waals surface area (Å²) >= 11 is 0. The molecular weight excluding hydrogens is 539 g/mol. The molecule has 4 amide bonds. The molecule has 1 heterocycles.